The van der Waals surface area contributed by atoms with Crippen LogP contribution in [0.3, 0.4) is 0 Å². The second-order valence-electron chi connectivity index (χ2n) is 4.18. The van der Waals surface area contributed by atoms with E-state index in [1.165, 1.54) is 30.2 Å². The van der Waals surface area contributed by atoms with Crippen LogP contribution >= 0.6 is 11.3 Å². The van der Waals surface area contributed by atoms with Crippen LogP contribution in [0, 0.1) is 0 Å². The maximum Gasteiger partial charge on any atom is 0.338 e. The first-order chi connectivity index (χ1) is 8.65. The van der Waals surface area contributed by atoms with Gasteiger partial charge in [-0.2, -0.15) is 0 Å². The summed E-state index contributed by atoms with van der Waals surface area (Å²) in [5.41, 5.74) is 0.166. The van der Waals surface area contributed by atoms with Crippen molar-refractivity contribution < 1.29 is 14.7 Å². The van der Waals surface area contributed by atoms with Gasteiger partial charge < -0.3 is 10.4 Å². The molecule has 0 aliphatic heterocycles. The van der Waals surface area contributed by atoms with Crippen LogP contribution in [0.1, 0.15) is 55.8 Å². The molecule has 0 unspecified atom stereocenters. The molecule has 4 nitrogen and oxygen atoms in total. The summed E-state index contributed by atoms with van der Waals surface area (Å²) in [7, 11) is 0. The Morgan fingerprint density at radius 3 is 2.67 bits per heavy atom. The van der Waals surface area contributed by atoms with Crippen molar-refractivity contribution in [2.75, 3.05) is 5.32 Å². The Kier molecular flexibility index (Phi) is 6.43. The van der Waals surface area contributed by atoms with Gasteiger partial charge in [0.1, 0.15) is 5.00 Å². The summed E-state index contributed by atoms with van der Waals surface area (Å²) in [4.78, 5) is 22.5. The number of thiophene rings is 1. The van der Waals surface area contributed by atoms with Gasteiger partial charge in [-0.3, -0.25) is 4.79 Å². The highest BCUT2D eigenvalue weighted by atomic mass is 32.1. The Morgan fingerprint density at radius 2 is 2.00 bits per heavy atom. The third kappa shape index (κ3) is 4.87. The van der Waals surface area contributed by atoms with Gasteiger partial charge in [-0.15, -0.1) is 11.3 Å². The third-order valence-electron chi connectivity index (χ3n) is 2.66. The summed E-state index contributed by atoms with van der Waals surface area (Å²) >= 11 is 1.24. The number of hydrogen-bond donors (Lipinski definition) is 2. The van der Waals surface area contributed by atoms with Gasteiger partial charge in [0.2, 0.25) is 5.91 Å². The summed E-state index contributed by atoms with van der Waals surface area (Å²) in [6.45, 7) is 2.15. The predicted molar refractivity (Wildman–Crippen MR) is 73.3 cm³/mol. The van der Waals surface area contributed by atoms with Crippen molar-refractivity contribution in [2.45, 2.75) is 45.4 Å². The highest BCUT2D eigenvalue weighted by molar-refractivity contribution is 7.14. The lowest BCUT2D eigenvalue weighted by atomic mass is 10.1. The summed E-state index contributed by atoms with van der Waals surface area (Å²) in [5.74, 6) is -1.11. The van der Waals surface area contributed by atoms with Gasteiger partial charge >= 0.3 is 5.97 Å². The second-order valence-corrected chi connectivity index (χ2v) is 5.10. The zero-order valence-corrected chi connectivity index (χ0v) is 11.4. The van der Waals surface area contributed by atoms with E-state index in [0.717, 1.165) is 19.3 Å². The first-order valence-electron chi connectivity index (χ1n) is 6.25. The van der Waals surface area contributed by atoms with E-state index in [1.807, 2.05) is 0 Å². The van der Waals surface area contributed by atoms with Crippen molar-refractivity contribution in [3.63, 3.8) is 0 Å². The van der Waals surface area contributed by atoms with Crippen LogP contribution in [0.5, 0.6) is 0 Å². The zero-order chi connectivity index (χ0) is 13.4. The topological polar surface area (TPSA) is 66.4 Å². The van der Waals surface area contributed by atoms with E-state index < -0.39 is 5.97 Å². The first-order valence-corrected chi connectivity index (χ1v) is 7.13. The molecule has 100 valence electrons. The molecule has 1 amide bonds. The average molecular weight is 269 g/mol. The fourth-order valence-electron chi connectivity index (χ4n) is 1.65. The highest BCUT2D eigenvalue weighted by Crippen LogP contribution is 2.23. The van der Waals surface area contributed by atoms with Gasteiger partial charge in [0, 0.05) is 6.42 Å². The largest absolute Gasteiger partial charge is 0.478 e. The molecule has 0 atom stereocenters. The van der Waals surface area contributed by atoms with Gasteiger partial charge in [0.15, 0.2) is 0 Å². The number of carboxylic acid groups (broad SMARTS) is 1. The summed E-state index contributed by atoms with van der Waals surface area (Å²) in [5, 5.41) is 13.7. The van der Waals surface area contributed by atoms with Crippen LogP contribution in [0.2, 0.25) is 0 Å². The number of carbonyl (C=O) groups is 2. The van der Waals surface area contributed by atoms with E-state index in [1.54, 1.807) is 5.38 Å². The molecule has 18 heavy (non-hydrogen) atoms. The lowest BCUT2D eigenvalue weighted by Crippen LogP contribution is -2.12. The maximum atomic E-state index is 11.6. The molecule has 0 saturated carbocycles. The Labute approximate surface area is 111 Å². The molecule has 1 rings (SSSR count). The number of rotatable bonds is 8. The van der Waals surface area contributed by atoms with Crippen LogP contribution < -0.4 is 5.32 Å². The van der Waals surface area contributed by atoms with E-state index in [2.05, 4.69) is 12.2 Å². The maximum absolute atomic E-state index is 11.6. The number of carboxylic acids is 1. The number of anilines is 1. The Bertz CT molecular complexity index is 401. The molecular formula is C13H19NO3S. The Morgan fingerprint density at radius 1 is 1.28 bits per heavy atom. The lowest BCUT2D eigenvalue weighted by molar-refractivity contribution is -0.116. The molecule has 0 saturated heterocycles. The molecule has 0 radical (unpaired) electrons. The molecule has 0 bridgehead atoms. The van der Waals surface area contributed by atoms with E-state index in [4.69, 9.17) is 5.11 Å². The summed E-state index contributed by atoms with van der Waals surface area (Å²) in [6.07, 6.45) is 5.92. The van der Waals surface area contributed by atoms with Crippen LogP contribution in [0.15, 0.2) is 11.4 Å². The van der Waals surface area contributed by atoms with Crippen LogP contribution in [-0.2, 0) is 4.79 Å². The molecule has 1 aromatic rings. The van der Waals surface area contributed by atoms with Crippen molar-refractivity contribution in [2.24, 2.45) is 0 Å². The fourth-order valence-corrected chi connectivity index (χ4v) is 2.45. The van der Waals surface area contributed by atoms with E-state index in [-0.39, 0.29) is 11.5 Å². The molecule has 5 heteroatoms. The van der Waals surface area contributed by atoms with Gasteiger partial charge in [-0.25, -0.2) is 4.79 Å². The van der Waals surface area contributed by atoms with Crippen molar-refractivity contribution in [1.29, 1.82) is 0 Å². The van der Waals surface area contributed by atoms with Crippen molar-refractivity contribution >= 4 is 28.2 Å². The quantitative estimate of drug-likeness (QED) is 0.706. The van der Waals surface area contributed by atoms with Crippen molar-refractivity contribution in [1.82, 2.24) is 0 Å². The molecule has 2 N–H and O–H groups in total. The minimum atomic E-state index is -1.01. The molecule has 1 heterocycles. The molecular weight excluding hydrogens is 250 g/mol. The molecule has 0 aliphatic rings. The smallest absolute Gasteiger partial charge is 0.338 e. The molecule has 1 aromatic heterocycles. The number of aromatic carboxylic acids is 1. The fraction of sp³-hybridized carbons (Fsp3) is 0.538. The van der Waals surface area contributed by atoms with Gasteiger partial charge in [0.25, 0.3) is 0 Å². The van der Waals surface area contributed by atoms with Crippen LogP contribution in [-0.4, -0.2) is 17.0 Å². The number of nitrogens with one attached hydrogen (secondary N) is 1. The number of carbonyl (C=O) groups excluding carboxylic acids is 1. The Balaban J connectivity index is 2.31. The minimum absolute atomic E-state index is 0.101. The van der Waals surface area contributed by atoms with E-state index in [0.29, 0.717) is 11.4 Å². The molecule has 0 spiro atoms. The van der Waals surface area contributed by atoms with E-state index in [9.17, 15) is 9.59 Å². The van der Waals surface area contributed by atoms with Crippen LogP contribution in [0.25, 0.3) is 0 Å². The van der Waals surface area contributed by atoms with Gasteiger partial charge in [-0.05, 0) is 17.9 Å². The van der Waals surface area contributed by atoms with Crippen molar-refractivity contribution in [3.8, 4) is 0 Å². The average Bonchev–Trinajstić information content (AvgIpc) is 2.77. The summed E-state index contributed by atoms with van der Waals surface area (Å²) in [6, 6.07) is 1.50. The number of unbranched alkanes of at least 4 members (excludes halogenated alkanes) is 4. The SMILES string of the molecule is CCCCCCCC(=O)Nc1sccc1C(=O)O. The third-order valence-corrected chi connectivity index (χ3v) is 3.49. The number of hydrogen-bond acceptors (Lipinski definition) is 3. The normalized spacial score (nSPS) is 10.3. The molecule has 0 aromatic carbocycles. The zero-order valence-electron chi connectivity index (χ0n) is 10.6. The lowest BCUT2D eigenvalue weighted by Gasteiger charge is -2.04. The highest BCUT2D eigenvalue weighted by Gasteiger charge is 2.13. The monoisotopic (exact) mass is 269 g/mol. The van der Waals surface area contributed by atoms with Crippen LogP contribution in [0.4, 0.5) is 5.00 Å². The minimum Gasteiger partial charge on any atom is -0.478 e. The first kappa shape index (κ1) is 14.7. The van der Waals surface area contributed by atoms with Gasteiger partial charge in [-0.1, -0.05) is 32.6 Å². The standard InChI is InChI=1S/C13H19NO3S/c1-2-3-4-5-6-7-11(15)14-12-10(13(16)17)8-9-18-12/h8-9H,2-7H2,1H3,(H,14,15)(H,16,17). The summed E-state index contributed by atoms with van der Waals surface area (Å²) < 4.78 is 0. The van der Waals surface area contributed by atoms with Crippen molar-refractivity contribution in [3.05, 3.63) is 17.0 Å². The Hall–Kier alpha value is -1.36. The second kappa shape index (κ2) is 7.87. The molecule has 0 fully saturated rings. The van der Waals surface area contributed by atoms with Gasteiger partial charge in [0.05, 0.1) is 5.56 Å². The van der Waals surface area contributed by atoms with E-state index >= 15 is 0 Å². The number of amides is 1. The predicted octanol–water partition coefficient (Wildman–Crippen LogP) is 3.75. The molecule has 0 aliphatic carbocycles.